The van der Waals surface area contributed by atoms with Crippen LogP contribution in [0.4, 0.5) is 0 Å². The Kier molecular flexibility index (Phi) is 5.49. The molecule has 2 heteroatoms. The first kappa shape index (κ1) is 12.0. The number of methoxy groups -OCH3 is 1. The summed E-state index contributed by atoms with van der Waals surface area (Å²) in [5, 5.41) is 3.32. The van der Waals surface area contributed by atoms with Gasteiger partial charge in [0, 0.05) is 13.7 Å². The molecule has 0 aromatic carbocycles. The van der Waals surface area contributed by atoms with Crippen LogP contribution in [0.2, 0.25) is 0 Å². The van der Waals surface area contributed by atoms with Gasteiger partial charge >= 0.3 is 0 Å². The first-order valence-electron chi connectivity index (χ1n) is 5.93. The van der Waals surface area contributed by atoms with Crippen molar-refractivity contribution >= 4 is 0 Å². The summed E-state index contributed by atoms with van der Waals surface area (Å²) in [4.78, 5) is 0. The maximum atomic E-state index is 5.15. The van der Waals surface area contributed by atoms with E-state index in [4.69, 9.17) is 4.74 Å². The van der Waals surface area contributed by atoms with E-state index in [1.165, 1.54) is 32.2 Å². The van der Waals surface area contributed by atoms with Crippen LogP contribution >= 0.6 is 0 Å². The Morgan fingerprint density at radius 3 is 2.86 bits per heavy atom. The molecule has 0 aromatic rings. The molecule has 0 aliphatic heterocycles. The lowest BCUT2D eigenvalue weighted by molar-refractivity contribution is 0.154. The van der Waals surface area contributed by atoms with Crippen molar-refractivity contribution in [1.82, 2.24) is 5.32 Å². The lowest BCUT2D eigenvalue weighted by atomic mass is 9.83. The van der Waals surface area contributed by atoms with Gasteiger partial charge in [-0.05, 0) is 50.6 Å². The maximum Gasteiger partial charge on any atom is 0.0464 e. The molecule has 0 heterocycles. The molecule has 1 aliphatic rings. The quantitative estimate of drug-likeness (QED) is 0.708. The summed E-state index contributed by atoms with van der Waals surface area (Å²) >= 11 is 0. The summed E-state index contributed by atoms with van der Waals surface area (Å²) in [6.45, 7) is 4.50. The molecule has 3 unspecified atom stereocenters. The fourth-order valence-electron chi connectivity index (χ4n) is 2.85. The van der Waals surface area contributed by atoms with Crippen LogP contribution in [-0.4, -0.2) is 27.3 Å². The van der Waals surface area contributed by atoms with Crippen LogP contribution in [0.5, 0.6) is 0 Å². The van der Waals surface area contributed by atoms with Crippen molar-refractivity contribution in [3.63, 3.8) is 0 Å². The minimum absolute atomic E-state index is 0.829. The Morgan fingerprint density at radius 2 is 2.21 bits per heavy atom. The average Bonchev–Trinajstić information content (AvgIpc) is 2.63. The molecule has 0 amide bonds. The van der Waals surface area contributed by atoms with Crippen LogP contribution in [0, 0.1) is 17.8 Å². The molecule has 1 N–H and O–H groups in total. The van der Waals surface area contributed by atoms with Gasteiger partial charge in [-0.15, -0.1) is 0 Å². The average molecular weight is 199 g/mol. The van der Waals surface area contributed by atoms with Gasteiger partial charge in [-0.25, -0.2) is 0 Å². The minimum atomic E-state index is 0.829. The molecule has 84 valence electrons. The zero-order valence-corrected chi connectivity index (χ0v) is 9.88. The van der Waals surface area contributed by atoms with E-state index in [2.05, 4.69) is 19.3 Å². The lowest BCUT2D eigenvalue weighted by Gasteiger charge is -2.25. The number of hydrogen-bond acceptors (Lipinski definition) is 2. The van der Waals surface area contributed by atoms with Crippen molar-refractivity contribution < 1.29 is 4.74 Å². The zero-order valence-electron chi connectivity index (χ0n) is 9.88. The van der Waals surface area contributed by atoms with E-state index < -0.39 is 0 Å². The molecule has 3 atom stereocenters. The first-order chi connectivity index (χ1) is 6.79. The Hall–Kier alpha value is -0.0800. The first-order valence-corrected chi connectivity index (χ1v) is 5.93. The van der Waals surface area contributed by atoms with Gasteiger partial charge in [0.25, 0.3) is 0 Å². The molecule has 1 fully saturated rings. The summed E-state index contributed by atoms with van der Waals surface area (Å²) in [6, 6.07) is 0. The van der Waals surface area contributed by atoms with Crippen LogP contribution < -0.4 is 5.32 Å². The molecular weight excluding hydrogens is 174 g/mol. The Morgan fingerprint density at radius 1 is 1.43 bits per heavy atom. The van der Waals surface area contributed by atoms with Crippen molar-refractivity contribution in [1.29, 1.82) is 0 Å². The van der Waals surface area contributed by atoms with Crippen molar-refractivity contribution in [2.45, 2.75) is 32.6 Å². The summed E-state index contributed by atoms with van der Waals surface area (Å²) in [6.07, 6.45) is 5.50. The molecule has 0 radical (unpaired) electrons. The van der Waals surface area contributed by atoms with Crippen molar-refractivity contribution in [2.75, 3.05) is 27.3 Å². The number of hydrogen-bond donors (Lipinski definition) is 1. The third kappa shape index (κ3) is 3.25. The minimum Gasteiger partial charge on any atom is -0.385 e. The summed E-state index contributed by atoms with van der Waals surface area (Å²) < 4.78 is 5.15. The molecular formula is C12H25NO. The molecule has 1 aliphatic carbocycles. The highest BCUT2D eigenvalue weighted by molar-refractivity contribution is 4.82. The van der Waals surface area contributed by atoms with Crippen molar-refractivity contribution in [3.05, 3.63) is 0 Å². The Labute approximate surface area is 88.4 Å². The third-order valence-electron chi connectivity index (χ3n) is 3.69. The van der Waals surface area contributed by atoms with Crippen molar-refractivity contribution in [2.24, 2.45) is 17.8 Å². The monoisotopic (exact) mass is 199 g/mol. The lowest BCUT2D eigenvalue weighted by Crippen LogP contribution is -2.26. The van der Waals surface area contributed by atoms with Gasteiger partial charge in [0.15, 0.2) is 0 Å². The molecule has 0 bridgehead atoms. The fourth-order valence-corrected chi connectivity index (χ4v) is 2.85. The van der Waals surface area contributed by atoms with E-state index in [0.29, 0.717) is 0 Å². The topological polar surface area (TPSA) is 21.3 Å². The van der Waals surface area contributed by atoms with Gasteiger partial charge in [0.2, 0.25) is 0 Å². The van der Waals surface area contributed by atoms with Gasteiger partial charge in [-0.3, -0.25) is 0 Å². The van der Waals surface area contributed by atoms with E-state index in [1.54, 1.807) is 7.11 Å². The molecule has 2 nitrogen and oxygen atoms in total. The summed E-state index contributed by atoms with van der Waals surface area (Å²) in [5.74, 6) is 2.67. The summed E-state index contributed by atoms with van der Waals surface area (Å²) in [7, 11) is 3.86. The van der Waals surface area contributed by atoms with Crippen LogP contribution in [0.15, 0.2) is 0 Å². The second-order valence-corrected chi connectivity index (χ2v) is 4.67. The van der Waals surface area contributed by atoms with Gasteiger partial charge < -0.3 is 10.1 Å². The Balaban J connectivity index is 2.32. The van der Waals surface area contributed by atoms with Crippen LogP contribution in [-0.2, 0) is 4.74 Å². The van der Waals surface area contributed by atoms with E-state index in [1.807, 2.05) is 0 Å². The van der Waals surface area contributed by atoms with Gasteiger partial charge in [-0.1, -0.05) is 13.3 Å². The summed E-state index contributed by atoms with van der Waals surface area (Å²) in [5.41, 5.74) is 0. The maximum absolute atomic E-state index is 5.15. The molecule has 0 aromatic heterocycles. The van der Waals surface area contributed by atoms with E-state index in [9.17, 15) is 0 Å². The molecule has 0 saturated heterocycles. The largest absolute Gasteiger partial charge is 0.385 e. The SMILES string of the molecule is CNCC1CCCC1C(C)CCOC. The smallest absolute Gasteiger partial charge is 0.0464 e. The normalized spacial score (nSPS) is 29.4. The van der Waals surface area contributed by atoms with Gasteiger partial charge in [0.05, 0.1) is 0 Å². The number of rotatable bonds is 6. The van der Waals surface area contributed by atoms with E-state index in [-0.39, 0.29) is 0 Å². The fraction of sp³-hybridized carbons (Fsp3) is 1.00. The van der Waals surface area contributed by atoms with Gasteiger partial charge in [0.1, 0.15) is 0 Å². The molecule has 1 rings (SSSR count). The van der Waals surface area contributed by atoms with Crippen molar-refractivity contribution in [3.8, 4) is 0 Å². The highest BCUT2D eigenvalue weighted by atomic mass is 16.5. The van der Waals surface area contributed by atoms with E-state index in [0.717, 1.165) is 24.4 Å². The molecule has 14 heavy (non-hydrogen) atoms. The number of ether oxygens (including phenoxy) is 1. The molecule has 0 spiro atoms. The number of nitrogens with one attached hydrogen (secondary N) is 1. The highest BCUT2D eigenvalue weighted by Gasteiger charge is 2.30. The van der Waals surface area contributed by atoms with Gasteiger partial charge in [-0.2, -0.15) is 0 Å². The molecule has 1 saturated carbocycles. The van der Waals surface area contributed by atoms with Crippen LogP contribution in [0.3, 0.4) is 0 Å². The third-order valence-corrected chi connectivity index (χ3v) is 3.69. The van der Waals surface area contributed by atoms with Crippen LogP contribution in [0.1, 0.15) is 32.6 Å². The second-order valence-electron chi connectivity index (χ2n) is 4.67. The predicted molar refractivity (Wildman–Crippen MR) is 60.4 cm³/mol. The standard InChI is InChI=1S/C12H25NO/c1-10(7-8-14-3)12-6-4-5-11(12)9-13-2/h10-13H,4-9H2,1-3H3. The second kappa shape index (κ2) is 6.41. The van der Waals surface area contributed by atoms with E-state index >= 15 is 0 Å². The predicted octanol–water partition coefficient (Wildman–Crippen LogP) is 2.29. The zero-order chi connectivity index (χ0) is 10.4. The Bertz CT molecular complexity index is 149. The van der Waals surface area contributed by atoms with Crippen LogP contribution in [0.25, 0.3) is 0 Å². The highest BCUT2D eigenvalue weighted by Crippen LogP contribution is 2.37.